The van der Waals surface area contributed by atoms with Gasteiger partial charge in [0.05, 0.1) is 22.2 Å². The normalized spacial score (nSPS) is 16.2. The van der Waals surface area contributed by atoms with Gasteiger partial charge in [-0.1, -0.05) is 31.9 Å². The lowest BCUT2D eigenvalue weighted by atomic mass is 10.2. The summed E-state index contributed by atoms with van der Waals surface area (Å²) in [6.45, 7) is 6.05. The van der Waals surface area contributed by atoms with Crippen LogP contribution in [0.2, 0.25) is 5.02 Å². The molecule has 1 amide bonds. The van der Waals surface area contributed by atoms with Gasteiger partial charge in [0.2, 0.25) is 15.9 Å². The lowest BCUT2D eigenvalue weighted by molar-refractivity contribution is -0.115. The summed E-state index contributed by atoms with van der Waals surface area (Å²) in [7, 11) is -3.56. The summed E-state index contributed by atoms with van der Waals surface area (Å²) >= 11 is 6.12. The summed E-state index contributed by atoms with van der Waals surface area (Å²) in [5.41, 5.74) is 0.316. The average Bonchev–Trinajstić information content (AvgIpc) is 2.57. The van der Waals surface area contributed by atoms with Gasteiger partial charge in [0, 0.05) is 13.1 Å². The number of hydrogen-bond donors (Lipinski definition) is 2. The molecule has 6 nitrogen and oxygen atoms in total. The molecule has 2 N–H and O–H groups in total. The third-order valence-electron chi connectivity index (χ3n) is 4.00. The fourth-order valence-electron chi connectivity index (χ4n) is 2.68. The van der Waals surface area contributed by atoms with E-state index in [1.807, 2.05) is 0 Å². The van der Waals surface area contributed by atoms with Crippen LogP contribution in [0.1, 0.15) is 33.1 Å². The highest BCUT2D eigenvalue weighted by molar-refractivity contribution is 7.89. The second-order valence-corrected chi connectivity index (χ2v) is 9.02. The van der Waals surface area contributed by atoms with Crippen molar-refractivity contribution in [2.45, 2.75) is 38.0 Å². The van der Waals surface area contributed by atoms with E-state index in [0.29, 0.717) is 29.7 Å². The highest BCUT2D eigenvalue weighted by Gasteiger charge is 2.26. The van der Waals surface area contributed by atoms with E-state index in [2.05, 4.69) is 24.5 Å². The number of nitrogens with zero attached hydrogens (tertiary/aromatic N) is 1. The Morgan fingerprint density at radius 1 is 1.24 bits per heavy atom. The zero-order valence-electron chi connectivity index (χ0n) is 14.7. The van der Waals surface area contributed by atoms with E-state index in [9.17, 15) is 13.2 Å². The molecule has 1 fully saturated rings. The molecule has 0 atom stereocenters. The third-order valence-corrected chi connectivity index (χ3v) is 6.23. The van der Waals surface area contributed by atoms with Crippen molar-refractivity contribution in [3.63, 3.8) is 0 Å². The maximum Gasteiger partial charge on any atom is 0.243 e. The van der Waals surface area contributed by atoms with Gasteiger partial charge in [-0.25, -0.2) is 8.42 Å². The predicted octanol–water partition coefficient (Wildman–Crippen LogP) is 2.70. The van der Waals surface area contributed by atoms with Gasteiger partial charge in [0.1, 0.15) is 0 Å². The first-order chi connectivity index (χ1) is 11.8. The summed E-state index contributed by atoms with van der Waals surface area (Å²) in [5, 5.41) is 6.04. The molecule has 0 aromatic heterocycles. The number of anilines is 1. The van der Waals surface area contributed by atoms with Crippen molar-refractivity contribution >= 4 is 33.2 Å². The SMILES string of the molecule is CC(C)CNCC(=O)Nc1cc(S(=O)(=O)N2CCCCC2)ccc1Cl. The molecule has 8 heteroatoms. The van der Waals surface area contributed by atoms with Gasteiger partial charge in [-0.05, 0) is 43.5 Å². The number of halogens is 1. The molecule has 0 saturated carbocycles. The number of nitrogens with one attached hydrogen (secondary N) is 2. The quantitative estimate of drug-likeness (QED) is 0.753. The maximum atomic E-state index is 12.7. The minimum absolute atomic E-state index is 0.150. The van der Waals surface area contributed by atoms with Gasteiger partial charge in [-0.15, -0.1) is 0 Å². The number of piperidine rings is 1. The van der Waals surface area contributed by atoms with E-state index in [1.54, 1.807) is 0 Å². The molecule has 0 bridgehead atoms. The van der Waals surface area contributed by atoms with Crippen LogP contribution in [-0.2, 0) is 14.8 Å². The van der Waals surface area contributed by atoms with E-state index in [4.69, 9.17) is 11.6 Å². The van der Waals surface area contributed by atoms with Crippen molar-refractivity contribution < 1.29 is 13.2 Å². The Labute approximate surface area is 155 Å². The number of amides is 1. The van der Waals surface area contributed by atoms with Crippen molar-refractivity contribution in [2.24, 2.45) is 5.92 Å². The number of rotatable bonds is 7. The van der Waals surface area contributed by atoms with Gasteiger partial charge in [0.25, 0.3) is 0 Å². The Bertz CT molecular complexity index is 701. The van der Waals surface area contributed by atoms with Crippen molar-refractivity contribution in [1.29, 1.82) is 0 Å². The molecule has 1 aliphatic heterocycles. The monoisotopic (exact) mass is 387 g/mol. The van der Waals surface area contributed by atoms with E-state index < -0.39 is 10.0 Å². The van der Waals surface area contributed by atoms with Gasteiger partial charge in [-0.3, -0.25) is 4.79 Å². The number of hydrogen-bond acceptors (Lipinski definition) is 4. The van der Waals surface area contributed by atoms with Crippen LogP contribution in [0.4, 0.5) is 5.69 Å². The second kappa shape index (κ2) is 8.98. The van der Waals surface area contributed by atoms with Gasteiger partial charge in [-0.2, -0.15) is 4.31 Å². The fraction of sp³-hybridized carbons (Fsp3) is 0.588. The average molecular weight is 388 g/mol. The minimum atomic E-state index is -3.56. The summed E-state index contributed by atoms with van der Waals surface area (Å²) in [4.78, 5) is 12.2. The van der Waals surface area contributed by atoms with Crippen LogP contribution < -0.4 is 10.6 Å². The van der Waals surface area contributed by atoms with Crippen LogP contribution in [-0.4, -0.2) is 44.8 Å². The molecule has 1 aliphatic rings. The number of carbonyl (C=O) groups excluding carboxylic acids is 1. The molecule has 0 spiro atoms. The van der Waals surface area contributed by atoms with Gasteiger partial charge in [0.15, 0.2) is 0 Å². The third kappa shape index (κ3) is 5.67. The Balaban J connectivity index is 2.10. The lowest BCUT2D eigenvalue weighted by Crippen LogP contribution is -2.35. The molecule has 0 aliphatic carbocycles. The van der Waals surface area contributed by atoms with Crippen LogP contribution in [0.15, 0.2) is 23.1 Å². The Morgan fingerprint density at radius 3 is 2.56 bits per heavy atom. The Hall–Kier alpha value is -1.15. The number of carbonyl (C=O) groups is 1. The van der Waals surface area contributed by atoms with Crippen molar-refractivity contribution in [3.8, 4) is 0 Å². The Kier molecular flexibility index (Phi) is 7.25. The zero-order valence-corrected chi connectivity index (χ0v) is 16.3. The fourth-order valence-corrected chi connectivity index (χ4v) is 4.39. The van der Waals surface area contributed by atoms with Crippen molar-refractivity contribution in [2.75, 3.05) is 31.5 Å². The molecule has 0 radical (unpaired) electrons. The van der Waals surface area contributed by atoms with Crippen molar-refractivity contribution in [1.82, 2.24) is 9.62 Å². The van der Waals surface area contributed by atoms with Crippen LogP contribution in [0.25, 0.3) is 0 Å². The minimum Gasteiger partial charge on any atom is -0.324 e. The smallest absolute Gasteiger partial charge is 0.243 e. The molecule has 140 valence electrons. The first-order valence-electron chi connectivity index (χ1n) is 8.61. The van der Waals surface area contributed by atoms with E-state index in [1.165, 1.54) is 22.5 Å². The lowest BCUT2D eigenvalue weighted by Gasteiger charge is -2.26. The molecule has 25 heavy (non-hydrogen) atoms. The van der Waals surface area contributed by atoms with Crippen molar-refractivity contribution in [3.05, 3.63) is 23.2 Å². The van der Waals surface area contributed by atoms with E-state index in [0.717, 1.165) is 25.8 Å². The van der Waals surface area contributed by atoms with E-state index >= 15 is 0 Å². The van der Waals surface area contributed by atoms with Gasteiger partial charge >= 0.3 is 0 Å². The van der Waals surface area contributed by atoms with Gasteiger partial charge < -0.3 is 10.6 Å². The molecule has 0 unspecified atom stereocenters. The molecular weight excluding hydrogens is 362 g/mol. The second-order valence-electron chi connectivity index (χ2n) is 6.68. The highest BCUT2D eigenvalue weighted by Crippen LogP contribution is 2.28. The van der Waals surface area contributed by atoms with E-state index in [-0.39, 0.29) is 17.3 Å². The predicted molar refractivity (Wildman–Crippen MR) is 100 cm³/mol. The molecule has 1 aromatic carbocycles. The van der Waals surface area contributed by atoms with Crippen LogP contribution in [0.3, 0.4) is 0 Å². The first-order valence-corrected chi connectivity index (χ1v) is 10.4. The highest BCUT2D eigenvalue weighted by atomic mass is 35.5. The zero-order chi connectivity index (χ0) is 18.4. The number of benzene rings is 1. The Morgan fingerprint density at radius 2 is 1.92 bits per heavy atom. The summed E-state index contributed by atoms with van der Waals surface area (Å²) in [6, 6.07) is 4.43. The topological polar surface area (TPSA) is 78.5 Å². The molecule has 1 saturated heterocycles. The number of sulfonamides is 1. The standard InChI is InChI=1S/C17H26ClN3O3S/c1-13(2)11-19-12-17(22)20-16-10-14(6-7-15(16)18)25(23,24)21-8-4-3-5-9-21/h6-7,10,13,19H,3-5,8-9,11-12H2,1-2H3,(H,20,22). The molecule has 2 rings (SSSR count). The molecule has 1 aromatic rings. The van der Waals surface area contributed by atoms with Crippen LogP contribution in [0.5, 0.6) is 0 Å². The summed E-state index contributed by atoms with van der Waals surface area (Å²) in [6.07, 6.45) is 2.80. The summed E-state index contributed by atoms with van der Waals surface area (Å²) < 4.78 is 27.0. The molecule has 1 heterocycles. The maximum absolute atomic E-state index is 12.7. The first kappa shape index (κ1) is 20.2. The molecular formula is C17H26ClN3O3S. The van der Waals surface area contributed by atoms with Crippen LogP contribution in [0, 0.1) is 5.92 Å². The van der Waals surface area contributed by atoms with Crippen LogP contribution >= 0.6 is 11.6 Å². The largest absolute Gasteiger partial charge is 0.324 e. The summed E-state index contributed by atoms with van der Waals surface area (Å²) in [5.74, 6) is 0.185.